The van der Waals surface area contributed by atoms with E-state index in [2.05, 4.69) is 42.3 Å². The number of para-hydroxylation sites is 1. The van der Waals surface area contributed by atoms with E-state index in [0.29, 0.717) is 5.56 Å². The van der Waals surface area contributed by atoms with Crippen molar-refractivity contribution in [3.05, 3.63) is 65.2 Å². The van der Waals surface area contributed by atoms with Gasteiger partial charge in [0, 0.05) is 19.3 Å². The third-order valence-electron chi connectivity index (χ3n) is 4.07. The fourth-order valence-corrected chi connectivity index (χ4v) is 2.79. The minimum Gasteiger partial charge on any atom is -0.465 e. The monoisotopic (exact) mass is 293 g/mol. The number of nitrogens with zero attached hydrogens (tertiary/aromatic N) is 1. The summed E-state index contributed by atoms with van der Waals surface area (Å²) in [5, 5.41) is 0. The molecule has 1 aliphatic heterocycles. The van der Waals surface area contributed by atoms with Crippen molar-refractivity contribution >= 4 is 23.3 Å². The van der Waals surface area contributed by atoms with Gasteiger partial charge < -0.3 is 9.64 Å². The van der Waals surface area contributed by atoms with Crippen molar-refractivity contribution in [2.45, 2.75) is 6.42 Å². The maximum absolute atomic E-state index is 11.5. The third-order valence-corrected chi connectivity index (χ3v) is 4.07. The Labute approximate surface area is 130 Å². The number of methoxy groups -OCH3 is 1. The largest absolute Gasteiger partial charge is 0.465 e. The van der Waals surface area contributed by atoms with Crippen molar-refractivity contribution in [2.75, 3.05) is 25.6 Å². The smallest absolute Gasteiger partial charge is 0.337 e. The normalized spacial score (nSPS) is 13.9. The van der Waals surface area contributed by atoms with Crippen LogP contribution in [0.3, 0.4) is 0 Å². The fraction of sp³-hybridized carbons (Fsp3) is 0.211. The topological polar surface area (TPSA) is 29.5 Å². The van der Waals surface area contributed by atoms with Gasteiger partial charge in [0.15, 0.2) is 0 Å². The number of ether oxygens (including phenoxy) is 1. The molecule has 0 spiro atoms. The number of fused-ring (bicyclic) bond motifs is 1. The molecule has 0 aromatic heterocycles. The molecule has 0 aliphatic carbocycles. The molecule has 1 aliphatic rings. The number of rotatable bonds is 2. The van der Waals surface area contributed by atoms with Gasteiger partial charge in [-0.2, -0.15) is 0 Å². The van der Waals surface area contributed by atoms with E-state index in [1.807, 2.05) is 24.3 Å². The standard InChI is InChI=1S/C19H19NO2/c1-20-12-11-16(13-17-5-3-4-6-18(17)20)14-7-9-15(10-8-14)19(21)22-2/h3-10,13H,11-12H2,1-2H3. The summed E-state index contributed by atoms with van der Waals surface area (Å²) >= 11 is 0. The van der Waals surface area contributed by atoms with Crippen molar-refractivity contribution in [1.82, 2.24) is 0 Å². The van der Waals surface area contributed by atoms with Crippen LogP contribution in [0.25, 0.3) is 11.6 Å². The first-order valence-corrected chi connectivity index (χ1v) is 7.38. The maximum Gasteiger partial charge on any atom is 0.337 e. The quantitative estimate of drug-likeness (QED) is 0.788. The highest BCUT2D eigenvalue weighted by Crippen LogP contribution is 2.31. The van der Waals surface area contributed by atoms with Crippen LogP contribution in [0.4, 0.5) is 5.69 Å². The number of hydrogen-bond donors (Lipinski definition) is 0. The second-order valence-electron chi connectivity index (χ2n) is 5.47. The molecule has 2 aromatic carbocycles. The minimum absolute atomic E-state index is 0.300. The molecule has 0 N–H and O–H groups in total. The molecule has 0 atom stereocenters. The number of hydrogen-bond acceptors (Lipinski definition) is 3. The average molecular weight is 293 g/mol. The predicted octanol–water partition coefficient (Wildman–Crippen LogP) is 3.85. The zero-order valence-corrected chi connectivity index (χ0v) is 12.9. The first-order chi connectivity index (χ1) is 10.7. The van der Waals surface area contributed by atoms with Crippen LogP contribution >= 0.6 is 0 Å². The highest BCUT2D eigenvalue weighted by atomic mass is 16.5. The Morgan fingerprint density at radius 3 is 2.55 bits per heavy atom. The Bertz CT molecular complexity index is 716. The fourth-order valence-electron chi connectivity index (χ4n) is 2.79. The molecule has 22 heavy (non-hydrogen) atoms. The van der Waals surface area contributed by atoms with Crippen LogP contribution in [0.2, 0.25) is 0 Å². The van der Waals surface area contributed by atoms with Crippen LogP contribution in [0, 0.1) is 0 Å². The zero-order chi connectivity index (χ0) is 15.5. The van der Waals surface area contributed by atoms with E-state index in [9.17, 15) is 4.79 Å². The lowest BCUT2D eigenvalue weighted by Gasteiger charge is -2.18. The number of carbonyl (C=O) groups is 1. The van der Waals surface area contributed by atoms with Gasteiger partial charge in [-0.15, -0.1) is 0 Å². The first-order valence-electron chi connectivity index (χ1n) is 7.38. The van der Waals surface area contributed by atoms with E-state index in [-0.39, 0.29) is 5.97 Å². The molecule has 3 nitrogen and oxygen atoms in total. The van der Waals surface area contributed by atoms with Gasteiger partial charge in [0.2, 0.25) is 0 Å². The van der Waals surface area contributed by atoms with E-state index in [1.54, 1.807) is 0 Å². The SMILES string of the molecule is COC(=O)c1ccc(C2=Cc3ccccc3N(C)CC2)cc1. The van der Waals surface area contributed by atoms with Gasteiger partial charge in [0.05, 0.1) is 12.7 Å². The number of esters is 1. The van der Waals surface area contributed by atoms with Gasteiger partial charge in [0.25, 0.3) is 0 Å². The van der Waals surface area contributed by atoms with Crippen molar-refractivity contribution in [1.29, 1.82) is 0 Å². The summed E-state index contributed by atoms with van der Waals surface area (Å²) < 4.78 is 4.74. The van der Waals surface area contributed by atoms with Gasteiger partial charge in [0.1, 0.15) is 0 Å². The highest BCUT2D eigenvalue weighted by molar-refractivity contribution is 5.91. The summed E-state index contributed by atoms with van der Waals surface area (Å²) in [6, 6.07) is 16.0. The lowest BCUT2D eigenvalue weighted by Crippen LogP contribution is -2.18. The summed E-state index contributed by atoms with van der Waals surface area (Å²) in [6.45, 7) is 0.974. The molecular weight excluding hydrogens is 274 g/mol. The Morgan fingerprint density at radius 1 is 1.09 bits per heavy atom. The van der Waals surface area contributed by atoms with Crippen LogP contribution < -0.4 is 4.90 Å². The summed E-state index contributed by atoms with van der Waals surface area (Å²) in [5.74, 6) is -0.300. The van der Waals surface area contributed by atoms with E-state index in [4.69, 9.17) is 4.74 Å². The van der Waals surface area contributed by atoms with Gasteiger partial charge in [-0.1, -0.05) is 30.3 Å². The summed E-state index contributed by atoms with van der Waals surface area (Å²) in [6.07, 6.45) is 3.22. The second-order valence-corrected chi connectivity index (χ2v) is 5.47. The van der Waals surface area contributed by atoms with E-state index < -0.39 is 0 Å². The number of carbonyl (C=O) groups excluding carboxylic acids is 1. The molecular formula is C19H19NO2. The number of benzene rings is 2. The Kier molecular flexibility index (Phi) is 3.96. The molecule has 112 valence electrons. The van der Waals surface area contributed by atoms with Crippen LogP contribution in [0.5, 0.6) is 0 Å². The summed E-state index contributed by atoms with van der Waals surface area (Å²) in [4.78, 5) is 13.8. The van der Waals surface area contributed by atoms with Crippen LogP contribution in [0.15, 0.2) is 48.5 Å². The minimum atomic E-state index is -0.300. The van der Waals surface area contributed by atoms with E-state index in [0.717, 1.165) is 18.5 Å². The molecule has 3 rings (SSSR count). The van der Waals surface area contributed by atoms with Gasteiger partial charge in [-0.25, -0.2) is 4.79 Å². The molecule has 0 unspecified atom stereocenters. The highest BCUT2D eigenvalue weighted by Gasteiger charge is 2.14. The van der Waals surface area contributed by atoms with Crippen molar-refractivity contribution in [3.63, 3.8) is 0 Å². The number of anilines is 1. The van der Waals surface area contributed by atoms with Crippen molar-refractivity contribution < 1.29 is 9.53 Å². The van der Waals surface area contributed by atoms with Gasteiger partial charge in [-0.05, 0) is 47.4 Å². The van der Waals surface area contributed by atoms with Crippen LogP contribution in [-0.4, -0.2) is 26.7 Å². The molecule has 0 bridgehead atoms. The molecule has 0 amide bonds. The molecule has 0 saturated heterocycles. The molecule has 2 aromatic rings. The lowest BCUT2D eigenvalue weighted by atomic mass is 9.99. The molecule has 0 saturated carbocycles. The molecule has 0 fully saturated rings. The van der Waals surface area contributed by atoms with Gasteiger partial charge in [-0.3, -0.25) is 0 Å². The van der Waals surface area contributed by atoms with Crippen molar-refractivity contribution in [2.24, 2.45) is 0 Å². The Morgan fingerprint density at radius 2 is 1.82 bits per heavy atom. The Balaban J connectivity index is 1.95. The van der Waals surface area contributed by atoms with Crippen LogP contribution in [-0.2, 0) is 4.74 Å². The zero-order valence-electron chi connectivity index (χ0n) is 12.9. The predicted molar refractivity (Wildman–Crippen MR) is 90.0 cm³/mol. The van der Waals surface area contributed by atoms with Crippen molar-refractivity contribution in [3.8, 4) is 0 Å². The molecule has 1 heterocycles. The lowest BCUT2D eigenvalue weighted by molar-refractivity contribution is 0.0600. The molecule has 3 heteroatoms. The average Bonchev–Trinajstić information content (AvgIpc) is 2.74. The summed E-state index contributed by atoms with van der Waals surface area (Å²) in [5.41, 5.74) is 5.50. The second kappa shape index (κ2) is 6.06. The van der Waals surface area contributed by atoms with Crippen LogP contribution in [0.1, 0.15) is 27.9 Å². The van der Waals surface area contributed by atoms with E-state index in [1.165, 1.54) is 23.9 Å². The summed E-state index contributed by atoms with van der Waals surface area (Å²) in [7, 11) is 3.52. The third kappa shape index (κ3) is 2.75. The van der Waals surface area contributed by atoms with E-state index >= 15 is 0 Å². The first kappa shape index (κ1) is 14.4. The van der Waals surface area contributed by atoms with Gasteiger partial charge >= 0.3 is 5.97 Å². The molecule has 0 radical (unpaired) electrons. The Hall–Kier alpha value is -2.55. The maximum atomic E-state index is 11.5.